The Morgan fingerprint density at radius 1 is 1.53 bits per heavy atom. The molecule has 0 aliphatic carbocycles. The SMILES string of the molecule is COC(=O)[C@H](F)c1ccccc1[N+](=O)[O-]. The van der Waals surface area contributed by atoms with Crippen molar-refractivity contribution in [1.82, 2.24) is 0 Å². The van der Waals surface area contributed by atoms with E-state index in [1.54, 1.807) is 0 Å². The van der Waals surface area contributed by atoms with Crippen molar-refractivity contribution in [3.8, 4) is 0 Å². The van der Waals surface area contributed by atoms with Crippen LogP contribution in [0.25, 0.3) is 0 Å². The minimum atomic E-state index is -2.13. The van der Waals surface area contributed by atoms with Gasteiger partial charge in [0.2, 0.25) is 6.17 Å². The van der Waals surface area contributed by atoms with Crippen LogP contribution >= 0.6 is 0 Å². The molecular formula is C9H8FNO4. The van der Waals surface area contributed by atoms with E-state index in [-0.39, 0.29) is 5.56 Å². The molecule has 1 rings (SSSR count). The zero-order valence-electron chi connectivity index (χ0n) is 7.84. The first-order chi connectivity index (χ1) is 7.07. The summed E-state index contributed by atoms with van der Waals surface area (Å²) >= 11 is 0. The second-order valence-corrected chi connectivity index (χ2v) is 2.70. The van der Waals surface area contributed by atoms with E-state index in [0.717, 1.165) is 13.2 Å². The van der Waals surface area contributed by atoms with Crippen molar-refractivity contribution in [1.29, 1.82) is 0 Å². The third-order valence-electron chi connectivity index (χ3n) is 1.81. The monoisotopic (exact) mass is 213 g/mol. The van der Waals surface area contributed by atoms with Gasteiger partial charge in [0.15, 0.2) is 0 Å². The van der Waals surface area contributed by atoms with Gasteiger partial charge in [0.25, 0.3) is 5.69 Å². The van der Waals surface area contributed by atoms with Gasteiger partial charge in [-0.15, -0.1) is 0 Å². The highest BCUT2D eigenvalue weighted by molar-refractivity contribution is 5.77. The van der Waals surface area contributed by atoms with Crippen LogP contribution in [0.5, 0.6) is 0 Å². The van der Waals surface area contributed by atoms with Crippen LogP contribution in [-0.4, -0.2) is 18.0 Å². The standard InChI is InChI=1S/C9H8FNO4/c1-15-9(12)8(10)6-4-2-3-5-7(6)11(13)14/h2-5,8H,1H3/t8-/m1/s1. The van der Waals surface area contributed by atoms with Gasteiger partial charge in [-0.1, -0.05) is 12.1 Å². The van der Waals surface area contributed by atoms with Gasteiger partial charge in [0, 0.05) is 6.07 Å². The fourth-order valence-electron chi connectivity index (χ4n) is 1.10. The van der Waals surface area contributed by atoms with E-state index in [0.29, 0.717) is 0 Å². The molecule has 0 radical (unpaired) electrons. The number of benzene rings is 1. The smallest absolute Gasteiger partial charge is 0.345 e. The molecule has 0 spiro atoms. The van der Waals surface area contributed by atoms with Gasteiger partial charge in [-0.2, -0.15) is 0 Å². The summed E-state index contributed by atoms with van der Waals surface area (Å²) in [4.78, 5) is 20.6. The number of halogens is 1. The Labute approximate surface area is 84.6 Å². The Balaban J connectivity index is 3.13. The summed E-state index contributed by atoms with van der Waals surface area (Å²) in [5, 5.41) is 10.5. The molecule has 6 heteroatoms. The average Bonchev–Trinajstić information content (AvgIpc) is 2.27. The lowest BCUT2D eigenvalue weighted by molar-refractivity contribution is -0.385. The molecule has 0 aliphatic rings. The predicted molar refractivity (Wildman–Crippen MR) is 49.0 cm³/mol. The molecule has 0 heterocycles. The number of nitro benzene ring substituents is 1. The van der Waals surface area contributed by atoms with Gasteiger partial charge in [0.1, 0.15) is 0 Å². The molecule has 80 valence electrons. The maximum atomic E-state index is 13.4. The summed E-state index contributed by atoms with van der Waals surface area (Å²) in [6.45, 7) is 0. The second kappa shape index (κ2) is 4.50. The molecular weight excluding hydrogens is 205 g/mol. The highest BCUT2D eigenvalue weighted by atomic mass is 19.1. The molecule has 0 unspecified atom stereocenters. The van der Waals surface area contributed by atoms with Gasteiger partial charge in [-0.25, -0.2) is 9.18 Å². The van der Waals surface area contributed by atoms with Crippen LogP contribution in [0.2, 0.25) is 0 Å². The Morgan fingerprint density at radius 3 is 2.67 bits per heavy atom. The molecule has 0 aliphatic heterocycles. The summed E-state index contributed by atoms with van der Waals surface area (Å²) in [5.41, 5.74) is -0.732. The second-order valence-electron chi connectivity index (χ2n) is 2.70. The molecule has 0 aromatic heterocycles. The molecule has 0 N–H and O–H groups in total. The number of hydrogen-bond acceptors (Lipinski definition) is 4. The molecule has 0 fully saturated rings. The van der Waals surface area contributed by atoms with Crippen LogP contribution in [0.3, 0.4) is 0 Å². The minimum absolute atomic E-state index is 0.297. The number of carbonyl (C=O) groups excluding carboxylic acids is 1. The van der Waals surface area contributed by atoms with Gasteiger partial charge >= 0.3 is 5.97 Å². The van der Waals surface area contributed by atoms with E-state index in [2.05, 4.69) is 4.74 Å². The molecule has 0 saturated carbocycles. The number of rotatable bonds is 3. The quantitative estimate of drug-likeness (QED) is 0.436. The fraction of sp³-hybridized carbons (Fsp3) is 0.222. The van der Waals surface area contributed by atoms with Crippen LogP contribution in [-0.2, 0) is 9.53 Å². The first-order valence-corrected chi connectivity index (χ1v) is 4.03. The van der Waals surface area contributed by atoms with Gasteiger partial charge in [-0.3, -0.25) is 10.1 Å². The van der Waals surface area contributed by atoms with Crippen molar-refractivity contribution in [3.05, 3.63) is 39.9 Å². The lowest BCUT2D eigenvalue weighted by atomic mass is 10.1. The number of para-hydroxylation sites is 1. The predicted octanol–water partition coefficient (Wildman–Crippen LogP) is 1.78. The summed E-state index contributed by atoms with van der Waals surface area (Å²) < 4.78 is 17.5. The number of methoxy groups -OCH3 is 1. The topological polar surface area (TPSA) is 69.4 Å². The summed E-state index contributed by atoms with van der Waals surface area (Å²) in [7, 11) is 1.02. The molecule has 1 aromatic carbocycles. The Bertz CT molecular complexity index is 393. The van der Waals surface area contributed by atoms with E-state index >= 15 is 0 Å². The first kappa shape index (κ1) is 11.1. The number of nitrogens with zero attached hydrogens (tertiary/aromatic N) is 1. The maximum absolute atomic E-state index is 13.4. The lowest BCUT2D eigenvalue weighted by Gasteiger charge is -2.06. The normalized spacial score (nSPS) is 11.9. The molecule has 0 bridgehead atoms. The van der Waals surface area contributed by atoms with Crippen LogP contribution < -0.4 is 0 Å². The fourth-order valence-corrected chi connectivity index (χ4v) is 1.10. The number of carbonyl (C=O) groups is 1. The highest BCUT2D eigenvalue weighted by Gasteiger charge is 2.27. The van der Waals surface area contributed by atoms with Gasteiger partial charge in [-0.05, 0) is 6.07 Å². The number of esters is 1. The van der Waals surface area contributed by atoms with E-state index in [9.17, 15) is 19.3 Å². The van der Waals surface area contributed by atoms with E-state index in [1.165, 1.54) is 18.2 Å². The van der Waals surface area contributed by atoms with E-state index < -0.39 is 22.8 Å². The third kappa shape index (κ3) is 2.28. The van der Waals surface area contributed by atoms with Crippen molar-refractivity contribution in [2.75, 3.05) is 7.11 Å². The zero-order valence-corrected chi connectivity index (χ0v) is 7.84. The van der Waals surface area contributed by atoms with Crippen LogP contribution in [0.1, 0.15) is 11.7 Å². The number of nitro groups is 1. The number of hydrogen-bond donors (Lipinski definition) is 0. The van der Waals surface area contributed by atoms with Gasteiger partial charge < -0.3 is 4.74 Å². The molecule has 1 aromatic rings. The number of alkyl halides is 1. The average molecular weight is 213 g/mol. The van der Waals surface area contributed by atoms with Crippen molar-refractivity contribution in [3.63, 3.8) is 0 Å². The molecule has 0 amide bonds. The van der Waals surface area contributed by atoms with Crippen LogP contribution in [0.15, 0.2) is 24.3 Å². The Hall–Kier alpha value is -1.98. The molecule has 15 heavy (non-hydrogen) atoms. The Kier molecular flexibility index (Phi) is 3.33. The summed E-state index contributed by atoms with van der Waals surface area (Å²) in [5.74, 6) is -1.15. The number of ether oxygens (including phenoxy) is 1. The Morgan fingerprint density at radius 2 is 2.13 bits per heavy atom. The zero-order chi connectivity index (χ0) is 11.4. The molecule has 0 saturated heterocycles. The van der Waals surface area contributed by atoms with E-state index in [1.807, 2.05) is 0 Å². The van der Waals surface area contributed by atoms with Crippen molar-refractivity contribution in [2.24, 2.45) is 0 Å². The molecule has 1 atom stereocenters. The van der Waals surface area contributed by atoms with Crippen LogP contribution in [0, 0.1) is 10.1 Å². The molecule has 5 nitrogen and oxygen atoms in total. The lowest BCUT2D eigenvalue weighted by Crippen LogP contribution is -2.11. The van der Waals surface area contributed by atoms with Crippen molar-refractivity contribution < 1.29 is 18.8 Å². The van der Waals surface area contributed by atoms with Gasteiger partial charge in [0.05, 0.1) is 17.6 Å². The summed E-state index contributed by atoms with van der Waals surface area (Å²) in [6.07, 6.45) is -2.13. The van der Waals surface area contributed by atoms with Crippen molar-refractivity contribution in [2.45, 2.75) is 6.17 Å². The highest BCUT2D eigenvalue weighted by Crippen LogP contribution is 2.27. The third-order valence-corrected chi connectivity index (χ3v) is 1.81. The van der Waals surface area contributed by atoms with Crippen LogP contribution in [0.4, 0.5) is 10.1 Å². The first-order valence-electron chi connectivity index (χ1n) is 4.03. The maximum Gasteiger partial charge on any atom is 0.345 e. The largest absolute Gasteiger partial charge is 0.467 e. The summed E-state index contributed by atoms with van der Waals surface area (Å²) in [6, 6.07) is 5.12. The minimum Gasteiger partial charge on any atom is -0.467 e. The van der Waals surface area contributed by atoms with Crippen molar-refractivity contribution >= 4 is 11.7 Å². The van der Waals surface area contributed by atoms with E-state index in [4.69, 9.17) is 0 Å².